The van der Waals surface area contributed by atoms with Crippen molar-refractivity contribution in [1.82, 2.24) is 0 Å². The van der Waals surface area contributed by atoms with Crippen molar-refractivity contribution in [2.45, 2.75) is 24.2 Å². The quantitative estimate of drug-likeness (QED) is 0.791. The highest BCUT2D eigenvalue weighted by molar-refractivity contribution is 9.10. The lowest BCUT2D eigenvalue weighted by Gasteiger charge is -2.21. The van der Waals surface area contributed by atoms with Gasteiger partial charge in [0.25, 0.3) is 10.0 Å². The van der Waals surface area contributed by atoms with Gasteiger partial charge in [-0.2, -0.15) is 0 Å². The van der Waals surface area contributed by atoms with E-state index in [9.17, 15) is 17.6 Å². The van der Waals surface area contributed by atoms with Crippen LogP contribution in [0.5, 0.6) is 0 Å². The minimum Gasteiger partial charge on any atom is -0.310 e. The van der Waals surface area contributed by atoms with Crippen molar-refractivity contribution in [2.24, 2.45) is 5.92 Å². The number of carbonyl (C=O) groups excluding carboxylic acids is 1. The van der Waals surface area contributed by atoms with Crippen molar-refractivity contribution in [3.8, 4) is 0 Å². The van der Waals surface area contributed by atoms with Crippen molar-refractivity contribution in [2.75, 3.05) is 16.2 Å². The first kappa shape index (κ1) is 17.5. The number of rotatable bonds is 4. The number of para-hydroxylation sites is 1. The maximum Gasteiger partial charge on any atom is 0.264 e. The highest BCUT2D eigenvalue weighted by Crippen LogP contribution is 2.41. The molecule has 26 heavy (non-hydrogen) atoms. The van der Waals surface area contributed by atoms with Crippen molar-refractivity contribution in [3.05, 3.63) is 52.3 Å². The van der Waals surface area contributed by atoms with Gasteiger partial charge in [-0.05, 0) is 49.1 Å². The van der Waals surface area contributed by atoms with Gasteiger partial charge < -0.3 is 4.90 Å². The fraction of sp³-hybridized carbons (Fsp3) is 0.278. The van der Waals surface area contributed by atoms with Crippen molar-refractivity contribution < 1.29 is 17.6 Å². The van der Waals surface area contributed by atoms with E-state index in [-0.39, 0.29) is 22.4 Å². The molecule has 1 aliphatic carbocycles. The van der Waals surface area contributed by atoms with Gasteiger partial charge in [-0.25, -0.2) is 12.8 Å². The summed E-state index contributed by atoms with van der Waals surface area (Å²) in [7, 11) is -4.07. The maximum absolute atomic E-state index is 13.9. The Balaban J connectivity index is 1.79. The Morgan fingerprint density at radius 2 is 1.96 bits per heavy atom. The molecule has 5 nitrogen and oxygen atoms in total. The maximum atomic E-state index is 13.9. The third-order valence-corrected chi connectivity index (χ3v) is 6.43. The molecule has 1 saturated carbocycles. The number of hydrogen-bond donors (Lipinski definition) is 1. The third kappa shape index (κ3) is 3.12. The van der Waals surface area contributed by atoms with Gasteiger partial charge in [-0.3, -0.25) is 9.52 Å². The van der Waals surface area contributed by atoms with E-state index in [1.165, 1.54) is 24.3 Å². The highest BCUT2D eigenvalue weighted by Gasteiger charge is 2.39. The van der Waals surface area contributed by atoms with Gasteiger partial charge in [0.2, 0.25) is 5.91 Å². The summed E-state index contributed by atoms with van der Waals surface area (Å²) in [6.07, 6.45) is 2.28. The van der Waals surface area contributed by atoms with Crippen LogP contribution in [0, 0.1) is 11.7 Å². The van der Waals surface area contributed by atoms with Gasteiger partial charge in [-0.1, -0.05) is 28.1 Å². The van der Waals surface area contributed by atoms with E-state index in [1.807, 2.05) is 6.07 Å². The number of carbonyl (C=O) groups is 1. The first-order chi connectivity index (χ1) is 12.4. The number of amides is 1. The standard InChI is InChI=1S/C18H16BrFN2O3S/c19-13-9-12-7-8-22(18(23)11-5-6-11)17(12)16(10-13)26(24,25)21-15-4-2-1-3-14(15)20/h1-4,9-11,21H,5-8H2. The molecule has 1 amide bonds. The Labute approximate surface area is 159 Å². The van der Waals surface area contributed by atoms with Crippen LogP contribution >= 0.6 is 15.9 Å². The largest absolute Gasteiger partial charge is 0.310 e. The summed E-state index contributed by atoms with van der Waals surface area (Å²) in [4.78, 5) is 14.1. The fourth-order valence-corrected chi connectivity index (χ4v) is 5.19. The topological polar surface area (TPSA) is 66.5 Å². The first-order valence-electron chi connectivity index (χ1n) is 8.28. The van der Waals surface area contributed by atoms with E-state index in [4.69, 9.17) is 0 Å². The summed E-state index contributed by atoms with van der Waals surface area (Å²) in [5.74, 6) is -0.707. The normalized spacial score (nSPS) is 16.5. The zero-order valence-corrected chi connectivity index (χ0v) is 16.1. The fourth-order valence-electron chi connectivity index (χ4n) is 3.19. The number of nitrogens with zero attached hydrogens (tertiary/aromatic N) is 1. The molecule has 1 aliphatic heterocycles. The number of hydrogen-bond acceptors (Lipinski definition) is 3. The molecule has 4 rings (SSSR count). The van der Waals surface area contributed by atoms with Gasteiger partial charge in [0.1, 0.15) is 10.7 Å². The lowest BCUT2D eigenvalue weighted by molar-refractivity contribution is -0.119. The molecule has 1 heterocycles. The smallest absolute Gasteiger partial charge is 0.264 e. The van der Waals surface area contributed by atoms with Crippen LogP contribution < -0.4 is 9.62 Å². The molecule has 1 N–H and O–H groups in total. The summed E-state index contributed by atoms with van der Waals surface area (Å²) >= 11 is 3.34. The predicted octanol–water partition coefficient (Wildman–Crippen LogP) is 3.69. The van der Waals surface area contributed by atoms with E-state index in [0.29, 0.717) is 23.1 Å². The molecule has 1 fully saturated rings. The molecule has 2 aromatic carbocycles. The minimum atomic E-state index is -4.07. The summed E-state index contributed by atoms with van der Waals surface area (Å²) in [6, 6.07) is 8.87. The van der Waals surface area contributed by atoms with Crippen LogP contribution in [-0.4, -0.2) is 20.9 Å². The van der Waals surface area contributed by atoms with Gasteiger partial charge >= 0.3 is 0 Å². The van der Waals surface area contributed by atoms with Gasteiger partial charge in [-0.15, -0.1) is 0 Å². The summed E-state index contributed by atoms with van der Waals surface area (Å²) in [5.41, 5.74) is 1.08. The van der Waals surface area contributed by atoms with Crippen LogP contribution in [0.25, 0.3) is 0 Å². The molecule has 0 unspecified atom stereocenters. The molecule has 8 heteroatoms. The van der Waals surface area contributed by atoms with Crippen molar-refractivity contribution in [3.63, 3.8) is 0 Å². The van der Waals surface area contributed by atoms with E-state index >= 15 is 0 Å². The number of fused-ring (bicyclic) bond motifs is 1. The van der Waals surface area contributed by atoms with Crippen LogP contribution in [0.1, 0.15) is 18.4 Å². The molecule has 0 saturated heterocycles. The molecule has 0 aromatic heterocycles. The molecule has 0 radical (unpaired) electrons. The monoisotopic (exact) mass is 438 g/mol. The SMILES string of the molecule is O=C(C1CC1)N1CCc2cc(Br)cc(S(=O)(=O)Nc3ccccc3F)c21. The van der Waals surface area contributed by atoms with Gasteiger partial charge in [0.15, 0.2) is 0 Å². The summed E-state index contributed by atoms with van der Waals surface area (Å²) in [5, 5.41) is 0. The van der Waals surface area contributed by atoms with Gasteiger partial charge in [0, 0.05) is 16.9 Å². The van der Waals surface area contributed by atoms with Crippen LogP contribution in [0.15, 0.2) is 45.8 Å². The second-order valence-electron chi connectivity index (χ2n) is 6.51. The van der Waals surface area contributed by atoms with Crippen LogP contribution in [0.2, 0.25) is 0 Å². The molecule has 2 aliphatic rings. The Morgan fingerprint density at radius 1 is 1.23 bits per heavy atom. The number of anilines is 2. The second kappa shape index (κ2) is 6.35. The third-order valence-electron chi connectivity index (χ3n) is 4.59. The Bertz CT molecular complexity index is 1010. The number of benzene rings is 2. The average molecular weight is 439 g/mol. The molecular weight excluding hydrogens is 423 g/mol. The number of halogens is 2. The van der Waals surface area contributed by atoms with Gasteiger partial charge in [0.05, 0.1) is 11.4 Å². The zero-order valence-electron chi connectivity index (χ0n) is 13.7. The van der Waals surface area contributed by atoms with Crippen LogP contribution in [-0.2, 0) is 21.2 Å². The molecular formula is C18H16BrFN2O3S. The molecule has 0 bridgehead atoms. The van der Waals surface area contributed by atoms with E-state index in [1.54, 1.807) is 11.0 Å². The highest BCUT2D eigenvalue weighted by atomic mass is 79.9. The second-order valence-corrected chi connectivity index (χ2v) is 9.08. The summed E-state index contributed by atoms with van der Waals surface area (Å²) in [6.45, 7) is 0.462. The van der Waals surface area contributed by atoms with Crippen molar-refractivity contribution in [1.29, 1.82) is 0 Å². The van der Waals surface area contributed by atoms with Crippen molar-refractivity contribution >= 4 is 43.2 Å². The van der Waals surface area contributed by atoms with Crippen LogP contribution in [0.3, 0.4) is 0 Å². The molecule has 136 valence electrons. The van der Waals surface area contributed by atoms with E-state index < -0.39 is 15.8 Å². The van der Waals surface area contributed by atoms with E-state index in [2.05, 4.69) is 20.7 Å². The predicted molar refractivity (Wildman–Crippen MR) is 100 cm³/mol. The Morgan fingerprint density at radius 3 is 2.65 bits per heavy atom. The van der Waals surface area contributed by atoms with Crippen LogP contribution in [0.4, 0.5) is 15.8 Å². The molecule has 0 atom stereocenters. The lowest BCUT2D eigenvalue weighted by Crippen LogP contribution is -2.31. The zero-order chi connectivity index (χ0) is 18.5. The summed E-state index contributed by atoms with van der Waals surface area (Å²) < 4.78 is 42.8. The van der Waals surface area contributed by atoms with E-state index in [0.717, 1.165) is 18.4 Å². The number of sulfonamides is 1. The first-order valence-corrected chi connectivity index (χ1v) is 10.6. The lowest BCUT2D eigenvalue weighted by atomic mass is 10.2. The Hall–Kier alpha value is -1.93. The molecule has 0 spiro atoms. The minimum absolute atomic E-state index is 0.0142. The average Bonchev–Trinajstić information content (AvgIpc) is 3.35. The Kier molecular flexibility index (Phi) is 4.27. The molecule has 2 aromatic rings. The number of nitrogens with one attached hydrogen (secondary N) is 1.